The highest BCUT2D eigenvalue weighted by atomic mass is 127. The van der Waals surface area contributed by atoms with Gasteiger partial charge in [-0.25, -0.2) is 0 Å². The van der Waals surface area contributed by atoms with Crippen molar-refractivity contribution in [2.24, 2.45) is 5.92 Å². The second-order valence-corrected chi connectivity index (χ2v) is 6.17. The van der Waals surface area contributed by atoms with Gasteiger partial charge in [0.15, 0.2) is 0 Å². The molecule has 0 heterocycles. The molecule has 1 saturated carbocycles. The Morgan fingerprint density at radius 1 is 1.19 bits per heavy atom. The highest BCUT2D eigenvalue weighted by molar-refractivity contribution is 14.1. The van der Waals surface area contributed by atoms with E-state index in [4.69, 9.17) is 0 Å². The largest absolute Gasteiger partial charge is 0.307 e. The van der Waals surface area contributed by atoms with Crippen molar-refractivity contribution in [2.75, 3.05) is 0 Å². The molecule has 0 spiro atoms. The Morgan fingerprint density at radius 3 is 2.31 bits per heavy atom. The summed E-state index contributed by atoms with van der Waals surface area (Å²) in [7, 11) is 0. The van der Waals surface area contributed by atoms with Crippen molar-refractivity contribution in [3.8, 4) is 0 Å². The van der Waals surface area contributed by atoms with Gasteiger partial charge in [-0.2, -0.15) is 0 Å². The van der Waals surface area contributed by atoms with E-state index in [1.165, 1.54) is 28.4 Å². The third kappa shape index (κ3) is 2.98. The molecule has 16 heavy (non-hydrogen) atoms. The standard InChI is InChI=1S/C14H20IN/c1-10(12-4-3-5-12)16-11(2)13-6-8-14(15)9-7-13/h6-12,16H,3-5H2,1-2H3. The predicted octanol–water partition coefficient (Wildman–Crippen LogP) is 4.13. The van der Waals surface area contributed by atoms with Crippen LogP contribution in [0.3, 0.4) is 0 Å². The van der Waals surface area contributed by atoms with Gasteiger partial charge in [0.1, 0.15) is 0 Å². The van der Waals surface area contributed by atoms with Crippen molar-refractivity contribution in [3.63, 3.8) is 0 Å². The van der Waals surface area contributed by atoms with Crippen LogP contribution in [-0.4, -0.2) is 6.04 Å². The fourth-order valence-corrected chi connectivity index (χ4v) is 2.68. The number of nitrogens with one attached hydrogen (secondary N) is 1. The molecule has 1 aliphatic rings. The number of hydrogen-bond acceptors (Lipinski definition) is 1. The monoisotopic (exact) mass is 329 g/mol. The summed E-state index contributed by atoms with van der Waals surface area (Å²) in [6.45, 7) is 4.59. The summed E-state index contributed by atoms with van der Waals surface area (Å²) in [6.07, 6.45) is 4.25. The molecule has 2 unspecified atom stereocenters. The van der Waals surface area contributed by atoms with Gasteiger partial charge in [0.2, 0.25) is 0 Å². The fraction of sp³-hybridized carbons (Fsp3) is 0.571. The first-order valence-electron chi connectivity index (χ1n) is 6.18. The molecule has 0 radical (unpaired) electrons. The molecule has 1 N–H and O–H groups in total. The third-order valence-corrected chi connectivity index (χ3v) is 4.46. The lowest BCUT2D eigenvalue weighted by Gasteiger charge is -2.34. The Bertz CT molecular complexity index is 329. The van der Waals surface area contributed by atoms with Crippen LogP contribution >= 0.6 is 22.6 Å². The Labute approximate surface area is 112 Å². The summed E-state index contributed by atoms with van der Waals surface area (Å²) >= 11 is 2.35. The fourth-order valence-electron chi connectivity index (χ4n) is 2.32. The molecular weight excluding hydrogens is 309 g/mol. The molecule has 1 aliphatic carbocycles. The van der Waals surface area contributed by atoms with Crippen LogP contribution in [0.2, 0.25) is 0 Å². The minimum Gasteiger partial charge on any atom is -0.307 e. The van der Waals surface area contributed by atoms with E-state index in [2.05, 4.69) is 66.0 Å². The molecule has 0 amide bonds. The van der Waals surface area contributed by atoms with Crippen LogP contribution in [0, 0.1) is 9.49 Å². The second kappa shape index (κ2) is 5.50. The Hall–Kier alpha value is -0.0900. The summed E-state index contributed by atoms with van der Waals surface area (Å²) in [6, 6.07) is 9.94. The molecular formula is C14H20IN. The lowest BCUT2D eigenvalue weighted by Crippen LogP contribution is -2.38. The predicted molar refractivity (Wildman–Crippen MR) is 77.5 cm³/mol. The number of rotatable bonds is 4. The second-order valence-electron chi connectivity index (χ2n) is 4.92. The first-order valence-corrected chi connectivity index (χ1v) is 7.26. The van der Waals surface area contributed by atoms with E-state index < -0.39 is 0 Å². The first-order chi connectivity index (χ1) is 7.66. The van der Waals surface area contributed by atoms with Gasteiger partial charge in [0, 0.05) is 15.7 Å². The van der Waals surface area contributed by atoms with E-state index in [0.717, 1.165) is 5.92 Å². The third-order valence-electron chi connectivity index (χ3n) is 3.74. The summed E-state index contributed by atoms with van der Waals surface area (Å²) in [5, 5.41) is 3.72. The average Bonchev–Trinajstić information content (AvgIpc) is 2.15. The van der Waals surface area contributed by atoms with Crippen molar-refractivity contribution >= 4 is 22.6 Å². The zero-order chi connectivity index (χ0) is 11.5. The summed E-state index contributed by atoms with van der Waals surface area (Å²) < 4.78 is 1.31. The quantitative estimate of drug-likeness (QED) is 0.819. The van der Waals surface area contributed by atoms with Crippen molar-refractivity contribution in [2.45, 2.75) is 45.2 Å². The lowest BCUT2D eigenvalue weighted by atomic mass is 9.80. The molecule has 0 saturated heterocycles. The molecule has 0 aliphatic heterocycles. The van der Waals surface area contributed by atoms with Gasteiger partial charge in [0.05, 0.1) is 0 Å². The molecule has 1 nitrogen and oxygen atoms in total. The van der Waals surface area contributed by atoms with E-state index in [-0.39, 0.29) is 0 Å². The minimum atomic E-state index is 0.465. The number of halogens is 1. The van der Waals surface area contributed by atoms with Gasteiger partial charge >= 0.3 is 0 Å². The molecule has 0 bridgehead atoms. The van der Waals surface area contributed by atoms with Gasteiger partial charge in [0.25, 0.3) is 0 Å². The molecule has 2 heteroatoms. The van der Waals surface area contributed by atoms with E-state index in [1.807, 2.05) is 0 Å². The van der Waals surface area contributed by atoms with Gasteiger partial charge in [-0.3, -0.25) is 0 Å². The highest BCUT2D eigenvalue weighted by Crippen LogP contribution is 2.30. The molecule has 1 fully saturated rings. The number of hydrogen-bond donors (Lipinski definition) is 1. The maximum absolute atomic E-state index is 3.72. The van der Waals surface area contributed by atoms with E-state index in [9.17, 15) is 0 Å². The summed E-state index contributed by atoms with van der Waals surface area (Å²) in [4.78, 5) is 0. The Morgan fingerprint density at radius 2 is 1.81 bits per heavy atom. The van der Waals surface area contributed by atoms with Gasteiger partial charge in [-0.05, 0) is 72.9 Å². The minimum absolute atomic E-state index is 0.465. The van der Waals surface area contributed by atoms with Crippen molar-refractivity contribution in [1.82, 2.24) is 5.32 Å². The van der Waals surface area contributed by atoms with Crippen LogP contribution in [0.25, 0.3) is 0 Å². The van der Waals surface area contributed by atoms with Crippen molar-refractivity contribution < 1.29 is 0 Å². The van der Waals surface area contributed by atoms with Gasteiger partial charge in [-0.1, -0.05) is 18.6 Å². The van der Waals surface area contributed by atoms with Crippen LogP contribution in [0.4, 0.5) is 0 Å². The molecule has 2 rings (SSSR count). The van der Waals surface area contributed by atoms with Crippen molar-refractivity contribution in [1.29, 1.82) is 0 Å². The lowest BCUT2D eigenvalue weighted by molar-refractivity contribution is 0.230. The summed E-state index contributed by atoms with van der Waals surface area (Å²) in [5.74, 6) is 0.909. The Kier molecular flexibility index (Phi) is 4.25. The van der Waals surface area contributed by atoms with E-state index in [1.54, 1.807) is 0 Å². The first kappa shape index (κ1) is 12.4. The molecule has 88 valence electrons. The maximum Gasteiger partial charge on any atom is 0.0294 e. The van der Waals surface area contributed by atoms with Crippen LogP contribution in [0.5, 0.6) is 0 Å². The molecule has 2 atom stereocenters. The SMILES string of the molecule is CC(NC(C)C1CCC1)c1ccc(I)cc1. The zero-order valence-corrected chi connectivity index (χ0v) is 12.2. The van der Waals surface area contributed by atoms with Crippen LogP contribution in [0.15, 0.2) is 24.3 Å². The highest BCUT2D eigenvalue weighted by Gasteiger charge is 2.24. The summed E-state index contributed by atoms with van der Waals surface area (Å²) in [5.41, 5.74) is 1.39. The van der Waals surface area contributed by atoms with Crippen molar-refractivity contribution in [3.05, 3.63) is 33.4 Å². The average molecular weight is 329 g/mol. The van der Waals surface area contributed by atoms with Gasteiger partial charge in [-0.15, -0.1) is 0 Å². The van der Waals surface area contributed by atoms with Gasteiger partial charge < -0.3 is 5.32 Å². The normalized spacial score (nSPS) is 20.2. The molecule has 1 aromatic rings. The zero-order valence-electron chi connectivity index (χ0n) is 10.0. The topological polar surface area (TPSA) is 12.0 Å². The Balaban J connectivity index is 1.91. The molecule has 1 aromatic carbocycles. The van der Waals surface area contributed by atoms with Crippen LogP contribution in [-0.2, 0) is 0 Å². The van der Waals surface area contributed by atoms with E-state index >= 15 is 0 Å². The smallest absolute Gasteiger partial charge is 0.0294 e. The van der Waals surface area contributed by atoms with Crippen LogP contribution < -0.4 is 5.32 Å². The number of benzene rings is 1. The van der Waals surface area contributed by atoms with E-state index in [0.29, 0.717) is 12.1 Å². The molecule has 0 aromatic heterocycles. The maximum atomic E-state index is 3.72. The van der Waals surface area contributed by atoms with Crippen LogP contribution in [0.1, 0.15) is 44.7 Å².